The summed E-state index contributed by atoms with van der Waals surface area (Å²) < 4.78 is 33.8. The number of nitrogens with one attached hydrogen (secondary N) is 1. The first-order chi connectivity index (χ1) is 15.2. The van der Waals surface area contributed by atoms with Gasteiger partial charge in [0, 0.05) is 37.4 Å². The van der Waals surface area contributed by atoms with Crippen molar-refractivity contribution in [2.45, 2.75) is 69.5 Å². The van der Waals surface area contributed by atoms with E-state index in [1.54, 1.807) is 29.6 Å². The van der Waals surface area contributed by atoms with Crippen LogP contribution in [-0.4, -0.2) is 53.5 Å². The van der Waals surface area contributed by atoms with E-state index >= 15 is 0 Å². The molecule has 2 heterocycles. The number of imidazole rings is 1. The third kappa shape index (κ3) is 5.93. The summed E-state index contributed by atoms with van der Waals surface area (Å²) in [7, 11) is -2.14. The Labute approximate surface area is 192 Å². The first-order valence-corrected chi connectivity index (χ1v) is 13.0. The van der Waals surface area contributed by atoms with Gasteiger partial charge in [-0.25, -0.2) is 23.1 Å². The SMILES string of the molecule is Cc1nc(S(=O)(=O)NCCC(=O)OC(C)C(=O)N(c2nccs2)C2CCCCC2)cn1C. The van der Waals surface area contributed by atoms with Crippen LogP contribution < -0.4 is 9.62 Å². The summed E-state index contributed by atoms with van der Waals surface area (Å²) in [5.41, 5.74) is 0. The second-order valence-corrected chi connectivity index (χ2v) is 10.4. The average Bonchev–Trinajstić information content (AvgIpc) is 3.39. The van der Waals surface area contributed by atoms with Gasteiger partial charge in [0.25, 0.3) is 15.9 Å². The number of nitrogens with zero attached hydrogens (tertiary/aromatic N) is 4. The van der Waals surface area contributed by atoms with Crippen LogP contribution in [0.15, 0.2) is 22.8 Å². The normalized spacial score (nSPS) is 16.0. The number of aryl methyl sites for hydroxylation is 2. The predicted molar refractivity (Wildman–Crippen MR) is 120 cm³/mol. The molecule has 176 valence electrons. The first kappa shape index (κ1) is 24.3. The second kappa shape index (κ2) is 10.5. The van der Waals surface area contributed by atoms with E-state index in [9.17, 15) is 18.0 Å². The summed E-state index contributed by atoms with van der Waals surface area (Å²) in [6.45, 7) is 3.07. The van der Waals surface area contributed by atoms with Gasteiger partial charge in [0.2, 0.25) is 0 Å². The van der Waals surface area contributed by atoms with Crippen molar-refractivity contribution < 1.29 is 22.7 Å². The Hall–Kier alpha value is -2.31. The quantitative estimate of drug-likeness (QED) is 0.542. The zero-order chi connectivity index (χ0) is 23.3. The molecule has 0 aromatic carbocycles. The Kier molecular flexibility index (Phi) is 8.01. The molecule has 0 bridgehead atoms. The minimum Gasteiger partial charge on any atom is -0.452 e. The van der Waals surface area contributed by atoms with Gasteiger partial charge in [0.1, 0.15) is 5.82 Å². The minimum atomic E-state index is -3.83. The molecule has 1 atom stereocenters. The highest BCUT2D eigenvalue weighted by molar-refractivity contribution is 7.89. The fourth-order valence-electron chi connectivity index (χ4n) is 3.62. The molecule has 1 fully saturated rings. The molecule has 0 spiro atoms. The number of carbonyl (C=O) groups excluding carboxylic acids is 2. The first-order valence-electron chi connectivity index (χ1n) is 10.6. The number of amides is 1. The lowest BCUT2D eigenvalue weighted by Crippen LogP contribution is -2.47. The lowest BCUT2D eigenvalue weighted by Gasteiger charge is -2.33. The van der Waals surface area contributed by atoms with Crippen molar-refractivity contribution in [3.8, 4) is 0 Å². The Morgan fingerprint density at radius 2 is 2.06 bits per heavy atom. The molecule has 1 N–H and O–H groups in total. The molecule has 3 rings (SSSR count). The summed E-state index contributed by atoms with van der Waals surface area (Å²) in [6.07, 6.45) is 6.86. The summed E-state index contributed by atoms with van der Waals surface area (Å²) >= 11 is 1.38. The predicted octanol–water partition coefficient (Wildman–Crippen LogP) is 2.15. The lowest BCUT2D eigenvalue weighted by molar-refractivity contribution is -0.153. The van der Waals surface area contributed by atoms with Gasteiger partial charge < -0.3 is 9.30 Å². The molecule has 1 amide bonds. The van der Waals surface area contributed by atoms with Crippen LogP contribution in [0.1, 0.15) is 51.3 Å². The van der Waals surface area contributed by atoms with Gasteiger partial charge in [-0.3, -0.25) is 14.5 Å². The van der Waals surface area contributed by atoms with Gasteiger partial charge in [0.15, 0.2) is 16.3 Å². The topological polar surface area (TPSA) is 123 Å². The van der Waals surface area contributed by atoms with E-state index in [1.807, 2.05) is 5.38 Å². The number of hydrogen-bond acceptors (Lipinski definition) is 8. The Bertz CT molecular complexity index is 1010. The standard InChI is InChI=1S/C20H29N5O5S2/c1-14(19(27)25(20-21-11-12-31-20)16-7-5-4-6-8-16)30-18(26)9-10-22-32(28,29)17-13-24(3)15(2)23-17/h11-14,16,22H,4-10H2,1-3H3. The maximum Gasteiger partial charge on any atom is 0.307 e. The van der Waals surface area contributed by atoms with E-state index in [0.717, 1.165) is 32.1 Å². The summed E-state index contributed by atoms with van der Waals surface area (Å²) in [4.78, 5) is 35.3. The van der Waals surface area contributed by atoms with Gasteiger partial charge >= 0.3 is 5.97 Å². The highest BCUT2D eigenvalue weighted by Crippen LogP contribution is 2.29. The number of esters is 1. The largest absolute Gasteiger partial charge is 0.452 e. The van der Waals surface area contributed by atoms with Crippen LogP contribution in [-0.2, 0) is 31.4 Å². The van der Waals surface area contributed by atoms with E-state index < -0.39 is 22.1 Å². The third-order valence-electron chi connectivity index (χ3n) is 5.44. The second-order valence-electron chi connectivity index (χ2n) is 7.83. The monoisotopic (exact) mass is 483 g/mol. The molecule has 32 heavy (non-hydrogen) atoms. The van der Waals surface area contributed by atoms with Crippen molar-refractivity contribution in [2.75, 3.05) is 11.4 Å². The van der Waals surface area contributed by atoms with Crippen LogP contribution in [0.4, 0.5) is 5.13 Å². The van der Waals surface area contributed by atoms with Crippen molar-refractivity contribution in [1.29, 1.82) is 0 Å². The number of ether oxygens (including phenoxy) is 1. The average molecular weight is 484 g/mol. The van der Waals surface area contributed by atoms with Gasteiger partial charge in [-0.1, -0.05) is 19.3 Å². The molecule has 1 saturated carbocycles. The van der Waals surface area contributed by atoms with Gasteiger partial charge in [-0.2, -0.15) is 0 Å². The molecular weight excluding hydrogens is 454 g/mol. The highest BCUT2D eigenvalue weighted by atomic mass is 32.2. The van der Waals surface area contributed by atoms with E-state index in [0.29, 0.717) is 11.0 Å². The Morgan fingerprint density at radius 1 is 1.34 bits per heavy atom. The van der Waals surface area contributed by atoms with Crippen LogP contribution >= 0.6 is 11.3 Å². The zero-order valence-corrected chi connectivity index (χ0v) is 20.1. The molecule has 0 radical (unpaired) electrons. The number of aromatic nitrogens is 3. The number of thiazole rings is 1. The lowest BCUT2D eigenvalue weighted by atomic mass is 9.94. The number of sulfonamides is 1. The molecule has 0 saturated heterocycles. The summed E-state index contributed by atoms with van der Waals surface area (Å²) in [5.74, 6) is -0.418. The number of hydrogen-bond donors (Lipinski definition) is 1. The van der Waals surface area contributed by atoms with Crippen molar-refractivity contribution >= 4 is 38.4 Å². The van der Waals surface area contributed by atoms with Crippen LogP contribution in [0.25, 0.3) is 0 Å². The molecule has 2 aromatic heterocycles. The fraction of sp³-hybridized carbons (Fsp3) is 0.600. The molecule has 0 aliphatic heterocycles. The summed E-state index contributed by atoms with van der Waals surface area (Å²) in [6, 6.07) is 0.0391. The number of rotatable bonds is 9. The van der Waals surface area contributed by atoms with Crippen molar-refractivity contribution in [2.24, 2.45) is 7.05 Å². The smallest absolute Gasteiger partial charge is 0.307 e. The summed E-state index contributed by atoms with van der Waals surface area (Å²) in [5, 5.41) is 2.30. The molecule has 1 aliphatic carbocycles. The number of anilines is 1. The van der Waals surface area contributed by atoms with E-state index in [1.165, 1.54) is 24.5 Å². The van der Waals surface area contributed by atoms with Crippen molar-refractivity contribution in [3.05, 3.63) is 23.6 Å². The van der Waals surface area contributed by atoms with Crippen LogP contribution in [0.3, 0.4) is 0 Å². The zero-order valence-electron chi connectivity index (χ0n) is 18.5. The Morgan fingerprint density at radius 3 is 2.66 bits per heavy atom. The molecule has 1 aliphatic rings. The minimum absolute atomic E-state index is 0.0391. The Balaban J connectivity index is 1.55. The van der Waals surface area contributed by atoms with Gasteiger partial charge in [-0.15, -0.1) is 11.3 Å². The highest BCUT2D eigenvalue weighted by Gasteiger charge is 2.33. The number of carbonyl (C=O) groups is 2. The molecule has 12 heteroatoms. The van der Waals surface area contributed by atoms with Crippen LogP contribution in [0.5, 0.6) is 0 Å². The van der Waals surface area contributed by atoms with Crippen LogP contribution in [0, 0.1) is 6.92 Å². The van der Waals surface area contributed by atoms with Crippen molar-refractivity contribution in [3.63, 3.8) is 0 Å². The molecule has 10 nitrogen and oxygen atoms in total. The van der Waals surface area contributed by atoms with Crippen LogP contribution in [0.2, 0.25) is 0 Å². The molecule has 2 aromatic rings. The van der Waals surface area contributed by atoms with E-state index in [4.69, 9.17) is 4.74 Å². The maximum atomic E-state index is 13.1. The molecule has 1 unspecified atom stereocenters. The third-order valence-corrected chi connectivity index (χ3v) is 7.54. The fourth-order valence-corrected chi connectivity index (χ4v) is 5.41. The maximum absolute atomic E-state index is 13.1. The van der Waals surface area contributed by atoms with Gasteiger partial charge in [0.05, 0.1) is 6.42 Å². The molecular formula is C20H29N5O5S2. The van der Waals surface area contributed by atoms with Gasteiger partial charge in [-0.05, 0) is 26.7 Å². The van der Waals surface area contributed by atoms with Crippen molar-refractivity contribution in [1.82, 2.24) is 19.3 Å². The van der Waals surface area contributed by atoms with E-state index in [2.05, 4.69) is 14.7 Å². The van der Waals surface area contributed by atoms with E-state index in [-0.39, 0.29) is 29.9 Å².